The molecule has 234 valence electrons. The normalized spacial score (nSPS) is 10.9. The van der Waals surface area contributed by atoms with Crippen LogP contribution in [0.5, 0.6) is 23.0 Å². The summed E-state index contributed by atoms with van der Waals surface area (Å²) in [6, 6.07) is 19.3. The summed E-state index contributed by atoms with van der Waals surface area (Å²) in [5.41, 5.74) is 3.05. The van der Waals surface area contributed by atoms with Crippen molar-refractivity contribution in [3.05, 3.63) is 82.9 Å². The average Bonchev–Trinajstić information content (AvgIpc) is 3.05. The van der Waals surface area contributed by atoms with Crippen LogP contribution in [0.15, 0.2) is 60.7 Å². The fourth-order valence-electron chi connectivity index (χ4n) is 5.57. The zero-order valence-electron chi connectivity index (χ0n) is 26.9. The molecule has 3 aromatic carbocycles. The molecule has 3 aromatic rings. The highest BCUT2D eigenvalue weighted by Crippen LogP contribution is 2.38. The number of carbonyl (C=O) groups is 1. The zero-order valence-corrected chi connectivity index (χ0v) is 26.9. The molecule has 3 rings (SSSR count). The third-order valence-corrected chi connectivity index (χ3v) is 8.08. The van der Waals surface area contributed by atoms with Gasteiger partial charge < -0.3 is 18.9 Å². The fourth-order valence-corrected chi connectivity index (χ4v) is 5.57. The molecule has 0 saturated heterocycles. The second kappa shape index (κ2) is 19.7. The molecule has 43 heavy (non-hydrogen) atoms. The Kier molecular flexibility index (Phi) is 15.6. The Hall–Kier alpha value is -3.47. The van der Waals surface area contributed by atoms with Crippen LogP contribution in [-0.4, -0.2) is 27.1 Å². The van der Waals surface area contributed by atoms with Crippen LogP contribution in [0.4, 0.5) is 0 Å². The number of unbranched alkanes of at least 4 members (excludes halogenated alkanes) is 12. The predicted octanol–water partition coefficient (Wildman–Crippen LogP) is 10.2. The van der Waals surface area contributed by atoms with E-state index in [1.807, 2.05) is 42.5 Å². The van der Waals surface area contributed by atoms with Gasteiger partial charge in [0.15, 0.2) is 11.5 Å². The van der Waals surface area contributed by atoms with Gasteiger partial charge in [0.2, 0.25) is 5.78 Å². The summed E-state index contributed by atoms with van der Waals surface area (Å²) >= 11 is 0. The van der Waals surface area contributed by atoms with Gasteiger partial charge in [-0.05, 0) is 36.1 Å². The zero-order chi connectivity index (χ0) is 30.7. The van der Waals surface area contributed by atoms with Crippen LogP contribution in [0.25, 0.3) is 0 Å². The molecule has 0 N–H and O–H groups in total. The molecule has 0 aliphatic carbocycles. The molecule has 0 bridgehead atoms. The van der Waals surface area contributed by atoms with E-state index in [1.165, 1.54) is 70.6 Å². The molecule has 0 amide bonds. The van der Waals surface area contributed by atoms with Crippen LogP contribution in [0.2, 0.25) is 0 Å². The molecule has 0 spiro atoms. The van der Waals surface area contributed by atoms with Gasteiger partial charge in [0.05, 0.1) is 32.5 Å². The Bertz CT molecular complexity index is 1220. The first kappa shape index (κ1) is 34.0. The van der Waals surface area contributed by atoms with Crippen LogP contribution in [0, 0.1) is 0 Å². The van der Waals surface area contributed by atoms with Gasteiger partial charge in [-0.15, -0.1) is 0 Å². The number of ketones is 1. The van der Waals surface area contributed by atoms with Crippen molar-refractivity contribution in [2.24, 2.45) is 0 Å². The van der Waals surface area contributed by atoms with Crippen LogP contribution in [0.3, 0.4) is 0 Å². The molecular formula is C38H52O5. The van der Waals surface area contributed by atoms with Gasteiger partial charge in [0, 0.05) is 6.07 Å². The van der Waals surface area contributed by atoms with E-state index in [2.05, 4.69) is 13.0 Å². The van der Waals surface area contributed by atoms with E-state index in [0.29, 0.717) is 40.7 Å². The van der Waals surface area contributed by atoms with Gasteiger partial charge >= 0.3 is 0 Å². The van der Waals surface area contributed by atoms with Crippen molar-refractivity contribution in [3.63, 3.8) is 0 Å². The summed E-state index contributed by atoms with van der Waals surface area (Å²) < 4.78 is 22.9. The topological polar surface area (TPSA) is 54.0 Å². The summed E-state index contributed by atoms with van der Waals surface area (Å²) in [7, 11) is 4.69. The van der Waals surface area contributed by atoms with Crippen LogP contribution < -0.4 is 18.9 Å². The quantitative estimate of drug-likeness (QED) is 0.0863. The van der Waals surface area contributed by atoms with Crippen molar-refractivity contribution in [3.8, 4) is 23.0 Å². The second-order valence-electron chi connectivity index (χ2n) is 11.3. The van der Waals surface area contributed by atoms with E-state index in [9.17, 15) is 4.79 Å². The van der Waals surface area contributed by atoms with E-state index in [-0.39, 0.29) is 5.78 Å². The number of hydrogen-bond donors (Lipinski definition) is 0. The summed E-state index contributed by atoms with van der Waals surface area (Å²) in [6.45, 7) is 2.65. The lowest BCUT2D eigenvalue weighted by atomic mass is 9.93. The highest BCUT2D eigenvalue weighted by molar-refractivity contribution is 6.13. The fraction of sp³-hybridized carbons (Fsp3) is 0.500. The third-order valence-electron chi connectivity index (χ3n) is 8.08. The highest BCUT2D eigenvalue weighted by Gasteiger charge is 2.24. The minimum atomic E-state index is -0.147. The number of rotatable bonds is 22. The number of aryl methyl sites for hydroxylation is 1. The Balaban J connectivity index is 1.67. The molecule has 0 atom stereocenters. The number of hydrogen-bond acceptors (Lipinski definition) is 5. The lowest BCUT2D eigenvalue weighted by molar-refractivity contribution is 0.103. The first-order chi connectivity index (χ1) is 21.1. The number of ether oxygens (including phenoxy) is 4. The molecule has 0 saturated carbocycles. The van der Waals surface area contributed by atoms with Crippen molar-refractivity contribution in [2.75, 3.05) is 21.3 Å². The van der Waals surface area contributed by atoms with Gasteiger partial charge in [-0.3, -0.25) is 4.79 Å². The van der Waals surface area contributed by atoms with Gasteiger partial charge in [0.1, 0.15) is 18.1 Å². The Morgan fingerprint density at radius 1 is 0.581 bits per heavy atom. The molecule has 5 heteroatoms. The van der Waals surface area contributed by atoms with Crippen molar-refractivity contribution >= 4 is 5.78 Å². The molecule has 0 radical (unpaired) electrons. The molecule has 0 heterocycles. The maximum atomic E-state index is 14.2. The molecule has 0 unspecified atom stereocenters. The minimum absolute atomic E-state index is 0.147. The van der Waals surface area contributed by atoms with Gasteiger partial charge in [-0.2, -0.15) is 0 Å². The second-order valence-corrected chi connectivity index (χ2v) is 11.3. The summed E-state index contributed by atoms with van der Waals surface area (Å²) in [4.78, 5) is 14.2. The number of benzene rings is 3. The Morgan fingerprint density at radius 3 is 1.72 bits per heavy atom. The maximum Gasteiger partial charge on any atom is 0.200 e. The Labute approximate surface area is 259 Å². The number of methoxy groups -OCH3 is 3. The Morgan fingerprint density at radius 2 is 1.14 bits per heavy atom. The lowest BCUT2D eigenvalue weighted by Crippen LogP contribution is -2.11. The van der Waals surface area contributed by atoms with E-state index < -0.39 is 0 Å². The first-order valence-corrected chi connectivity index (χ1v) is 16.3. The van der Waals surface area contributed by atoms with Crippen molar-refractivity contribution in [2.45, 2.75) is 103 Å². The molecule has 0 fully saturated rings. The van der Waals surface area contributed by atoms with E-state index in [0.717, 1.165) is 30.4 Å². The molecular weight excluding hydrogens is 536 g/mol. The largest absolute Gasteiger partial charge is 0.496 e. The minimum Gasteiger partial charge on any atom is -0.496 e. The lowest BCUT2D eigenvalue weighted by Gasteiger charge is -2.18. The molecule has 0 aromatic heterocycles. The van der Waals surface area contributed by atoms with Crippen LogP contribution >= 0.6 is 0 Å². The smallest absolute Gasteiger partial charge is 0.200 e. The monoisotopic (exact) mass is 588 g/mol. The number of carbonyl (C=O) groups excluding carboxylic acids is 1. The van der Waals surface area contributed by atoms with Gasteiger partial charge in [0.25, 0.3) is 0 Å². The van der Waals surface area contributed by atoms with Crippen molar-refractivity contribution in [1.29, 1.82) is 0 Å². The first-order valence-electron chi connectivity index (χ1n) is 16.3. The predicted molar refractivity (Wildman–Crippen MR) is 176 cm³/mol. The standard InChI is InChI=1S/C38H52O5/c1-5-6-7-8-9-10-11-12-13-14-15-16-20-24-31-25-21-26-33(43-29-30-22-18-17-19-23-30)37(31)38(39)32-27-35(41-3)36(42-4)28-34(32)40-2/h17-19,21-23,25-28H,5-16,20,24,29H2,1-4H3. The summed E-state index contributed by atoms with van der Waals surface area (Å²) in [5, 5.41) is 0. The summed E-state index contributed by atoms with van der Waals surface area (Å²) in [6.07, 6.45) is 17.8. The van der Waals surface area contributed by atoms with Crippen molar-refractivity contribution in [1.82, 2.24) is 0 Å². The maximum absolute atomic E-state index is 14.2. The molecule has 5 nitrogen and oxygen atoms in total. The highest BCUT2D eigenvalue weighted by atomic mass is 16.5. The van der Waals surface area contributed by atoms with Crippen molar-refractivity contribution < 1.29 is 23.7 Å². The van der Waals surface area contributed by atoms with Crippen LogP contribution in [-0.2, 0) is 13.0 Å². The SMILES string of the molecule is CCCCCCCCCCCCCCCc1cccc(OCc2ccccc2)c1C(=O)c1cc(OC)c(OC)cc1OC. The van der Waals surface area contributed by atoms with Gasteiger partial charge in [-0.25, -0.2) is 0 Å². The van der Waals surface area contributed by atoms with E-state index in [1.54, 1.807) is 33.5 Å². The van der Waals surface area contributed by atoms with E-state index in [4.69, 9.17) is 18.9 Å². The van der Waals surface area contributed by atoms with Gasteiger partial charge in [-0.1, -0.05) is 126 Å². The third kappa shape index (κ3) is 10.9. The average molecular weight is 589 g/mol. The molecule has 0 aliphatic rings. The summed E-state index contributed by atoms with van der Waals surface area (Å²) in [5.74, 6) is 1.86. The van der Waals surface area contributed by atoms with E-state index >= 15 is 0 Å². The molecule has 0 aliphatic heterocycles. The van der Waals surface area contributed by atoms with Crippen LogP contribution in [0.1, 0.15) is 117 Å².